The van der Waals surface area contributed by atoms with E-state index in [1.54, 1.807) is 6.07 Å². The Balaban J connectivity index is 1.48. The summed E-state index contributed by atoms with van der Waals surface area (Å²) in [6, 6.07) is 15.6. The third kappa shape index (κ3) is 3.11. The zero-order valence-corrected chi connectivity index (χ0v) is 15.9. The van der Waals surface area contributed by atoms with E-state index in [0.29, 0.717) is 18.8 Å². The number of amides is 2. The van der Waals surface area contributed by atoms with Crippen molar-refractivity contribution in [2.24, 2.45) is 0 Å². The molecule has 0 radical (unpaired) electrons. The number of nitrogens with zero attached hydrogens (tertiary/aromatic N) is 3. The van der Waals surface area contributed by atoms with E-state index in [4.69, 9.17) is 0 Å². The number of hydrogen-bond donors (Lipinski definition) is 0. The molecule has 27 heavy (non-hydrogen) atoms. The topological polar surface area (TPSA) is 53.5 Å². The van der Waals surface area contributed by atoms with Crippen LogP contribution in [0.3, 0.4) is 0 Å². The second kappa shape index (κ2) is 6.80. The molecule has 0 aliphatic carbocycles. The smallest absolute Gasteiger partial charge is 0.272 e. The van der Waals surface area contributed by atoms with E-state index in [1.807, 2.05) is 66.2 Å². The van der Waals surface area contributed by atoms with Crippen LogP contribution in [0.5, 0.6) is 0 Å². The maximum Gasteiger partial charge on any atom is 0.272 e. The van der Waals surface area contributed by atoms with Crippen LogP contribution in [0.1, 0.15) is 46.9 Å². The number of pyridine rings is 1. The molecule has 4 rings (SSSR count). The maximum absolute atomic E-state index is 12.9. The summed E-state index contributed by atoms with van der Waals surface area (Å²) in [5, 5.41) is 0. The zero-order valence-electron chi connectivity index (χ0n) is 15.9. The normalized spacial score (nSPS) is 21.7. The van der Waals surface area contributed by atoms with Gasteiger partial charge in [-0.2, -0.15) is 0 Å². The first-order valence-corrected chi connectivity index (χ1v) is 9.56. The quantitative estimate of drug-likeness (QED) is 0.824. The highest BCUT2D eigenvalue weighted by Crippen LogP contribution is 2.44. The van der Waals surface area contributed by atoms with Gasteiger partial charge in [0.05, 0.1) is 5.92 Å². The molecule has 1 unspecified atom stereocenters. The number of likely N-dealkylation sites (N-methyl/N-ethyl adjacent to an activating group) is 1. The second-order valence-electron chi connectivity index (χ2n) is 7.75. The van der Waals surface area contributed by atoms with Crippen molar-refractivity contribution in [3.05, 3.63) is 65.5 Å². The Hall–Kier alpha value is -2.69. The molecule has 2 aromatic rings. The number of likely N-dealkylation sites (tertiary alicyclic amines) is 2. The molecule has 0 saturated carbocycles. The average Bonchev–Trinajstić information content (AvgIpc) is 2.94. The summed E-state index contributed by atoms with van der Waals surface area (Å²) in [7, 11) is 1.92. The standard InChI is InChI=1S/C22H25N3O2/c1-16-7-6-10-19(23-16)21(27)25-13-11-22(12-14-25)15-18(20(26)24(22)2)17-8-4-3-5-9-17/h3-10,18H,11-15H2,1-2H3. The average molecular weight is 363 g/mol. The number of carbonyl (C=O) groups excluding carboxylic acids is 2. The molecule has 2 aliphatic rings. The Morgan fingerprint density at radius 3 is 2.44 bits per heavy atom. The van der Waals surface area contributed by atoms with Gasteiger partial charge in [0.1, 0.15) is 5.69 Å². The van der Waals surface area contributed by atoms with Crippen molar-refractivity contribution in [3.8, 4) is 0 Å². The first kappa shape index (κ1) is 17.7. The molecule has 1 aromatic heterocycles. The van der Waals surface area contributed by atoms with Crippen LogP contribution in [-0.4, -0.2) is 52.3 Å². The summed E-state index contributed by atoms with van der Waals surface area (Å²) in [5.74, 6) is 0.110. The van der Waals surface area contributed by atoms with Gasteiger partial charge in [-0.05, 0) is 43.9 Å². The molecule has 2 saturated heterocycles. The minimum Gasteiger partial charge on any atom is -0.339 e. The van der Waals surface area contributed by atoms with E-state index in [2.05, 4.69) is 4.98 Å². The van der Waals surface area contributed by atoms with Crippen molar-refractivity contribution in [2.45, 2.75) is 37.6 Å². The van der Waals surface area contributed by atoms with Crippen LogP contribution in [0.25, 0.3) is 0 Å². The van der Waals surface area contributed by atoms with E-state index in [9.17, 15) is 9.59 Å². The highest BCUT2D eigenvalue weighted by atomic mass is 16.2. The predicted molar refractivity (Wildman–Crippen MR) is 103 cm³/mol. The fraction of sp³-hybridized carbons (Fsp3) is 0.409. The van der Waals surface area contributed by atoms with Crippen LogP contribution in [0.4, 0.5) is 0 Å². The maximum atomic E-state index is 12.9. The Labute approximate surface area is 160 Å². The Morgan fingerprint density at radius 1 is 1.07 bits per heavy atom. The Morgan fingerprint density at radius 2 is 1.78 bits per heavy atom. The minimum absolute atomic E-state index is 0.0138. The van der Waals surface area contributed by atoms with Gasteiger partial charge in [-0.15, -0.1) is 0 Å². The van der Waals surface area contributed by atoms with Gasteiger partial charge in [-0.25, -0.2) is 4.98 Å². The molecular formula is C22H25N3O2. The first-order valence-electron chi connectivity index (χ1n) is 9.56. The first-order chi connectivity index (χ1) is 13.0. The molecule has 1 spiro atoms. The van der Waals surface area contributed by atoms with Crippen molar-refractivity contribution in [2.75, 3.05) is 20.1 Å². The number of aryl methyl sites for hydroxylation is 1. The van der Waals surface area contributed by atoms with Gasteiger partial charge in [0.2, 0.25) is 5.91 Å². The molecule has 2 aliphatic heterocycles. The minimum atomic E-state index is -0.144. The van der Waals surface area contributed by atoms with Gasteiger partial charge >= 0.3 is 0 Å². The van der Waals surface area contributed by atoms with E-state index in [0.717, 1.165) is 30.5 Å². The fourth-order valence-electron chi connectivity index (χ4n) is 4.51. The van der Waals surface area contributed by atoms with Gasteiger partial charge in [0.25, 0.3) is 5.91 Å². The van der Waals surface area contributed by atoms with Crippen LogP contribution in [-0.2, 0) is 4.79 Å². The van der Waals surface area contributed by atoms with Gasteiger partial charge in [0, 0.05) is 31.4 Å². The molecule has 5 nitrogen and oxygen atoms in total. The van der Waals surface area contributed by atoms with Crippen molar-refractivity contribution in [1.82, 2.24) is 14.8 Å². The number of hydrogen-bond acceptors (Lipinski definition) is 3. The van der Waals surface area contributed by atoms with E-state index in [1.165, 1.54) is 0 Å². The van der Waals surface area contributed by atoms with Crippen LogP contribution >= 0.6 is 0 Å². The molecule has 5 heteroatoms. The molecule has 3 heterocycles. The lowest BCUT2D eigenvalue weighted by Gasteiger charge is -2.43. The highest BCUT2D eigenvalue weighted by Gasteiger charge is 2.50. The Bertz CT molecular complexity index is 857. The summed E-state index contributed by atoms with van der Waals surface area (Å²) in [4.78, 5) is 33.8. The summed E-state index contributed by atoms with van der Waals surface area (Å²) in [6.45, 7) is 3.21. The number of piperidine rings is 1. The number of benzene rings is 1. The van der Waals surface area contributed by atoms with Crippen molar-refractivity contribution in [1.29, 1.82) is 0 Å². The largest absolute Gasteiger partial charge is 0.339 e. The molecule has 0 N–H and O–H groups in total. The van der Waals surface area contributed by atoms with Crippen LogP contribution < -0.4 is 0 Å². The van der Waals surface area contributed by atoms with Gasteiger partial charge in [-0.3, -0.25) is 9.59 Å². The fourth-order valence-corrected chi connectivity index (χ4v) is 4.51. The van der Waals surface area contributed by atoms with E-state index in [-0.39, 0.29) is 23.3 Å². The van der Waals surface area contributed by atoms with Crippen molar-refractivity contribution >= 4 is 11.8 Å². The number of rotatable bonds is 2. The summed E-state index contributed by atoms with van der Waals surface area (Å²) < 4.78 is 0. The monoisotopic (exact) mass is 363 g/mol. The van der Waals surface area contributed by atoms with Crippen molar-refractivity contribution < 1.29 is 9.59 Å². The lowest BCUT2D eigenvalue weighted by Crippen LogP contribution is -2.52. The molecule has 0 bridgehead atoms. The number of aromatic nitrogens is 1. The molecule has 140 valence electrons. The van der Waals surface area contributed by atoms with Gasteiger partial charge < -0.3 is 9.80 Å². The van der Waals surface area contributed by atoms with E-state index < -0.39 is 0 Å². The third-order valence-electron chi connectivity index (χ3n) is 6.22. The van der Waals surface area contributed by atoms with Gasteiger partial charge in [-0.1, -0.05) is 36.4 Å². The summed E-state index contributed by atoms with van der Waals surface area (Å²) >= 11 is 0. The highest BCUT2D eigenvalue weighted by molar-refractivity contribution is 5.92. The molecule has 2 fully saturated rings. The number of carbonyl (C=O) groups is 2. The second-order valence-corrected chi connectivity index (χ2v) is 7.75. The van der Waals surface area contributed by atoms with Crippen LogP contribution in [0, 0.1) is 6.92 Å². The Kier molecular flexibility index (Phi) is 4.46. The zero-order chi connectivity index (χ0) is 19.0. The lowest BCUT2D eigenvalue weighted by molar-refractivity contribution is -0.131. The molecule has 1 aromatic carbocycles. The molecule has 2 amide bonds. The van der Waals surface area contributed by atoms with Gasteiger partial charge in [0.15, 0.2) is 0 Å². The predicted octanol–water partition coefficient (Wildman–Crippen LogP) is 3.01. The van der Waals surface area contributed by atoms with Crippen LogP contribution in [0.15, 0.2) is 48.5 Å². The molecule has 1 atom stereocenters. The van der Waals surface area contributed by atoms with E-state index >= 15 is 0 Å². The third-order valence-corrected chi connectivity index (χ3v) is 6.22. The van der Waals surface area contributed by atoms with Crippen LogP contribution in [0.2, 0.25) is 0 Å². The lowest BCUT2D eigenvalue weighted by atomic mass is 9.81. The summed E-state index contributed by atoms with van der Waals surface area (Å²) in [5.41, 5.74) is 2.30. The SMILES string of the molecule is Cc1cccc(C(=O)N2CCC3(CC2)CC(c2ccccc2)C(=O)N3C)n1. The van der Waals surface area contributed by atoms with Crippen molar-refractivity contribution in [3.63, 3.8) is 0 Å². The summed E-state index contributed by atoms with van der Waals surface area (Å²) in [6.07, 6.45) is 2.46. The molecular weight excluding hydrogens is 338 g/mol.